The second-order valence-electron chi connectivity index (χ2n) is 8.94. The van der Waals surface area contributed by atoms with Gasteiger partial charge in [0.1, 0.15) is 11.6 Å². The Bertz CT molecular complexity index is 1090. The first-order valence-electron chi connectivity index (χ1n) is 12.0. The van der Waals surface area contributed by atoms with E-state index in [0.29, 0.717) is 18.3 Å². The minimum absolute atomic E-state index is 0.181. The zero-order valence-corrected chi connectivity index (χ0v) is 19.6. The molecule has 6 nitrogen and oxygen atoms in total. The van der Waals surface area contributed by atoms with Gasteiger partial charge in [0.25, 0.3) is 0 Å². The summed E-state index contributed by atoms with van der Waals surface area (Å²) in [5.41, 5.74) is 3.69. The van der Waals surface area contributed by atoms with Gasteiger partial charge in [-0.3, -0.25) is 0 Å². The number of anilines is 1. The van der Waals surface area contributed by atoms with Crippen LogP contribution in [0.2, 0.25) is 0 Å². The highest BCUT2D eigenvalue weighted by atomic mass is 19.1. The van der Waals surface area contributed by atoms with Crippen LogP contribution in [0.5, 0.6) is 0 Å². The van der Waals surface area contributed by atoms with Crippen molar-refractivity contribution in [2.24, 2.45) is 5.92 Å². The van der Waals surface area contributed by atoms with Crippen LogP contribution in [0.25, 0.3) is 11.3 Å². The molecular weight excluding hydrogens is 429 g/mol. The summed E-state index contributed by atoms with van der Waals surface area (Å²) in [5, 5.41) is 5.87. The number of likely N-dealkylation sites (tertiary alicyclic amines) is 1. The van der Waals surface area contributed by atoms with E-state index in [-0.39, 0.29) is 11.8 Å². The van der Waals surface area contributed by atoms with Gasteiger partial charge in [0.2, 0.25) is 0 Å². The zero-order chi connectivity index (χ0) is 23.8. The highest BCUT2D eigenvalue weighted by Gasteiger charge is 2.20. The number of hydrogen-bond donors (Lipinski definition) is 2. The Kier molecular flexibility index (Phi) is 8.20. The Labute approximate surface area is 200 Å². The maximum absolute atomic E-state index is 13.1. The molecule has 34 heavy (non-hydrogen) atoms. The largest absolute Gasteiger partial charge is 0.338 e. The minimum Gasteiger partial charge on any atom is -0.338 e. The summed E-state index contributed by atoms with van der Waals surface area (Å²) < 4.78 is 13.1. The molecule has 1 saturated heterocycles. The number of halogens is 1. The van der Waals surface area contributed by atoms with Crippen LogP contribution < -0.4 is 10.6 Å². The maximum Gasteiger partial charge on any atom is 0.319 e. The van der Waals surface area contributed by atoms with Gasteiger partial charge in [-0.05, 0) is 87.5 Å². The van der Waals surface area contributed by atoms with E-state index >= 15 is 0 Å². The molecular formula is C27H32FN5O. The van der Waals surface area contributed by atoms with Gasteiger partial charge in [-0.25, -0.2) is 19.2 Å². The van der Waals surface area contributed by atoms with Crippen molar-refractivity contribution in [3.05, 3.63) is 78.0 Å². The van der Waals surface area contributed by atoms with Gasteiger partial charge < -0.3 is 15.5 Å². The van der Waals surface area contributed by atoms with Crippen molar-refractivity contribution in [2.45, 2.75) is 32.6 Å². The first-order chi connectivity index (χ1) is 16.5. The molecule has 1 aliphatic heterocycles. The fourth-order valence-electron chi connectivity index (χ4n) is 4.53. The van der Waals surface area contributed by atoms with E-state index in [9.17, 15) is 9.18 Å². The minimum atomic E-state index is -0.205. The van der Waals surface area contributed by atoms with E-state index in [1.165, 1.54) is 18.4 Å². The van der Waals surface area contributed by atoms with Crippen LogP contribution in [-0.4, -0.2) is 47.1 Å². The summed E-state index contributed by atoms with van der Waals surface area (Å²) in [4.78, 5) is 23.4. The number of aryl methyl sites for hydroxylation is 1. The number of rotatable bonds is 8. The number of nitrogens with zero attached hydrogens (tertiary/aromatic N) is 3. The van der Waals surface area contributed by atoms with Crippen LogP contribution in [-0.2, 0) is 6.42 Å². The van der Waals surface area contributed by atoms with Gasteiger partial charge in [-0.2, -0.15) is 0 Å². The summed E-state index contributed by atoms with van der Waals surface area (Å²) in [6.45, 7) is 5.59. The van der Waals surface area contributed by atoms with Gasteiger partial charge in [0.05, 0.1) is 5.69 Å². The number of carbonyl (C=O) groups is 1. The van der Waals surface area contributed by atoms with Crippen LogP contribution in [0.1, 0.15) is 30.7 Å². The van der Waals surface area contributed by atoms with Crippen LogP contribution in [0.4, 0.5) is 14.9 Å². The molecule has 2 heterocycles. The van der Waals surface area contributed by atoms with E-state index in [2.05, 4.69) is 25.5 Å². The molecule has 4 rings (SSSR count). The lowest BCUT2D eigenvalue weighted by Gasteiger charge is -2.32. The number of amides is 2. The quantitative estimate of drug-likeness (QED) is 0.460. The average molecular weight is 462 g/mol. The Balaban J connectivity index is 1.18. The molecule has 2 N–H and O–H groups in total. The lowest BCUT2D eigenvalue weighted by atomic mass is 9.91. The van der Waals surface area contributed by atoms with Crippen LogP contribution in [0.3, 0.4) is 0 Å². The lowest BCUT2D eigenvalue weighted by Crippen LogP contribution is -2.38. The van der Waals surface area contributed by atoms with Gasteiger partial charge in [-0.15, -0.1) is 0 Å². The highest BCUT2D eigenvalue weighted by molar-refractivity contribution is 5.90. The normalized spacial score (nSPS) is 16.2. The zero-order valence-electron chi connectivity index (χ0n) is 19.6. The molecule has 178 valence electrons. The number of hydrogen-bond acceptors (Lipinski definition) is 4. The fraction of sp³-hybridized carbons (Fsp3) is 0.370. The summed E-state index contributed by atoms with van der Waals surface area (Å²) in [6, 6.07) is 16.2. The highest BCUT2D eigenvalue weighted by Crippen LogP contribution is 2.22. The number of aromatic nitrogens is 2. The molecule has 2 amide bonds. The second kappa shape index (κ2) is 11.7. The molecule has 1 aliphatic rings. The first-order valence-corrected chi connectivity index (χ1v) is 12.0. The van der Waals surface area contributed by atoms with Crippen LogP contribution in [0.15, 0.2) is 60.8 Å². The SMILES string of the molecule is Cc1nccc(-c2cccc(NC(=O)NCCCN3CCC[C@@H](Cc4ccc(F)cc4)C3)c2)n1. The first kappa shape index (κ1) is 23.8. The van der Waals surface area contributed by atoms with Gasteiger partial charge >= 0.3 is 6.03 Å². The monoisotopic (exact) mass is 461 g/mol. The van der Waals surface area contributed by atoms with Crippen molar-refractivity contribution < 1.29 is 9.18 Å². The van der Waals surface area contributed by atoms with Crippen molar-refractivity contribution in [1.82, 2.24) is 20.2 Å². The molecule has 1 fully saturated rings. The molecule has 1 aromatic heterocycles. The lowest BCUT2D eigenvalue weighted by molar-refractivity contribution is 0.172. The fourth-order valence-corrected chi connectivity index (χ4v) is 4.53. The van der Waals surface area contributed by atoms with Gasteiger partial charge in [0.15, 0.2) is 0 Å². The Morgan fingerprint density at radius 2 is 2.03 bits per heavy atom. The molecule has 0 radical (unpaired) electrons. The average Bonchev–Trinajstić information content (AvgIpc) is 2.84. The smallest absolute Gasteiger partial charge is 0.319 e. The number of piperidine rings is 1. The van der Waals surface area contributed by atoms with Gasteiger partial charge in [0, 0.05) is 30.5 Å². The Hall–Kier alpha value is -3.32. The summed E-state index contributed by atoms with van der Waals surface area (Å²) >= 11 is 0. The number of carbonyl (C=O) groups excluding carboxylic acids is 1. The van der Waals surface area contributed by atoms with Crippen molar-refractivity contribution in [3.63, 3.8) is 0 Å². The predicted octanol–water partition coefficient (Wildman–Crippen LogP) is 5.06. The standard InChI is InChI=1S/C27H32FN5O/c1-20-29-14-12-26(31-20)23-6-2-7-25(18-23)32-27(34)30-13-4-16-33-15-3-5-22(19-33)17-21-8-10-24(28)11-9-21/h2,6-12,14,18,22H,3-5,13,15-17,19H2,1H3,(H2,30,32,34)/t22-/m0/s1. The van der Waals surface area contributed by atoms with Gasteiger partial charge in [-0.1, -0.05) is 24.3 Å². The molecule has 1 atom stereocenters. The van der Waals surface area contributed by atoms with Crippen molar-refractivity contribution in [1.29, 1.82) is 0 Å². The maximum atomic E-state index is 13.1. The molecule has 7 heteroatoms. The predicted molar refractivity (Wildman–Crippen MR) is 133 cm³/mol. The van der Waals surface area contributed by atoms with E-state index < -0.39 is 0 Å². The van der Waals surface area contributed by atoms with Crippen molar-refractivity contribution in [3.8, 4) is 11.3 Å². The molecule has 2 aromatic carbocycles. The number of urea groups is 1. The third kappa shape index (κ3) is 7.09. The number of benzene rings is 2. The molecule has 0 spiro atoms. The second-order valence-corrected chi connectivity index (χ2v) is 8.94. The van der Waals surface area contributed by atoms with E-state index in [4.69, 9.17) is 0 Å². The topological polar surface area (TPSA) is 70.2 Å². The van der Waals surface area contributed by atoms with E-state index in [1.807, 2.05) is 49.4 Å². The summed E-state index contributed by atoms with van der Waals surface area (Å²) in [5.74, 6) is 1.13. The Morgan fingerprint density at radius 1 is 1.18 bits per heavy atom. The molecule has 0 saturated carbocycles. The van der Waals surface area contributed by atoms with E-state index in [1.54, 1.807) is 18.3 Å². The molecule has 0 unspecified atom stereocenters. The van der Waals surface area contributed by atoms with Crippen molar-refractivity contribution >= 4 is 11.7 Å². The molecule has 0 aliphatic carbocycles. The molecule has 0 bridgehead atoms. The third-order valence-electron chi connectivity index (χ3n) is 6.17. The summed E-state index contributed by atoms with van der Waals surface area (Å²) in [6.07, 6.45) is 6.02. The summed E-state index contributed by atoms with van der Waals surface area (Å²) in [7, 11) is 0. The Morgan fingerprint density at radius 3 is 2.85 bits per heavy atom. The van der Waals surface area contributed by atoms with Crippen molar-refractivity contribution in [2.75, 3.05) is 31.5 Å². The van der Waals surface area contributed by atoms with Crippen LogP contribution >= 0.6 is 0 Å². The third-order valence-corrected chi connectivity index (χ3v) is 6.17. The number of nitrogens with one attached hydrogen (secondary N) is 2. The molecule has 3 aromatic rings. The van der Waals surface area contributed by atoms with Crippen LogP contribution in [0, 0.1) is 18.7 Å². The van der Waals surface area contributed by atoms with E-state index in [0.717, 1.165) is 49.4 Å².